The Hall–Kier alpha value is -1.87. The van der Waals surface area contributed by atoms with E-state index in [1.54, 1.807) is 24.8 Å². The van der Waals surface area contributed by atoms with Crippen molar-refractivity contribution in [2.24, 2.45) is 0 Å². The summed E-state index contributed by atoms with van der Waals surface area (Å²) in [5.74, 6) is 1.67. The van der Waals surface area contributed by atoms with Crippen molar-refractivity contribution in [2.75, 3.05) is 0 Å². The number of nitrogens with zero attached hydrogens (tertiary/aromatic N) is 4. The first-order valence-electron chi connectivity index (χ1n) is 12.5. The molecule has 3 aromatic rings. The molecule has 190 valence electrons. The van der Waals surface area contributed by atoms with E-state index in [-0.39, 0.29) is 10.3 Å². The van der Waals surface area contributed by atoms with Gasteiger partial charge in [-0.05, 0) is 39.4 Å². The number of hydrogen-bond acceptors (Lipinski definition) is 5. The fourth-order valence-corrected chi connectivity index (χ4v) is 12.2. The summed E-state index contributed by atoms with van der Waals surface area (Å²) in [6.07, 6.45) is 8.35. The number of hydrogen-bond donors (Lipinski definition) is 0. The molecule has 1 atom stereocenters. The predicted octanol–water partition coefficient (Wildman–Crippen LogP) is 5.88. The average molecular weight is 537 g/mol. The van der Waals surface area contributed by atoms with E-state index in [9.17, 15) is 4.79 Å². The van der Waals surface area contributed by atoms with E-state index in [4.69, 9.17) is 19.9 Å². The molecular formula is C28H38N4OP2Si. The number of benzene rings is 1. The van der Waals surface area contributed by atoms with Crippen molar-refractivity contribution < 1.29 is 4.79 Å². The van der Waals surface area contributed by atoms with Crippen LogP contribution in [-0.2, 0) is 16.0 Å². The van der Waals surface area contributed by atoms with Crippen LogP contribution >= 0.6 is 17.2 Å². The molecule has 2 aromatic heterocycles. The van der Waals surface area contributed by atoms with Crippen LogP contribution in [0.5, 0.6) is 0 Å². The standard InChI is InChI=1S/C28H38N4OP2Si/c1-26(2)17-21(33)18-27(3,4)35(26)23-11-10-20(19-36(5,6)7)16-22(23)28(34,24-29-12-8-13-30-24)25-31-14-9-15-32-25/h8-16H,17-19,34H2,1-7H3. The van der Waals surface area contributed by atoms with Crippen LogP contribution in [0.15, 0.2) is 55.1 Å². The zero-order chi connectivity index (χ0) is 26.4. The van der Waals surface area contributed by atoms with Gasteiger partial charge in [-0.25, -0.2) is 19.9 Å². The highest BCUT2D eigenvalue weighted by atomic mass is 31.1. The van der Waals surface area contributed by atoms with Gasteiger partial charge in [0.1, 0.15) is 22.6 Å². The third-order valence-electron chi connectivity index (χ3n) is 6.77. The Morgan fingerprint density at radius 2 is 1.36 bits per heavy atom. The van der Waals surface area contributed by atoms with E-state index in [1.165, 1.54) is 10.9 Å². The Bertz CT molecular complexity index is 1180. The van der Waals surface area contributed by atoms with Crippen molar-refractivity contribution >= 4 is 36.3 Å². The second-order valence-corrected chi connectivity index (χ2v) is 22.3. The van der Waals surface area contributed by atoms with Gasteiger partial charge in [0.05, 0.1) is 0 Å². The molecule has 5 nitrogen and oxygen atoms in total. The minimum Gasteiger partial charge on any atom is -0.300 e. The molecule has 3 heterocycles. The van der Waals surface area contributed by atoms with Gasteiger partial charge in [-0.1, -0.05) is 79.0 Å². The Kier molecular flexibility index (Phi) is 7.38. The molecule has 1 unspecified atom stereocenters. The summed E-state index contributed by atoms with van der Waals surface area (Å²) in [5, 5.41) is 0.207. The van der Waals surface area contributed by atoms with Gasteiger partial charge in [0.15, 0.2) is 0 Å². The van der Waals surface area contributed by atoms with Crippen LogP contribution in [0.4, 0.5) is 0 Å². The summed E-state index contributed by atoms with van der Waals surface area (Å²) in [5.41, 5.74) is 2.47. The monoisotopic (exact) mass is 536 g/mol. The van der Waals surface area contributed by atoms with E-state index in [0.29, 0.717) is 30.3 Å². The zero-order valence-corrected chi connectivity index (χ0v) is 25.6. The quantitative estimate of drug-likeness (QED) is 0.291. The normalized spacial score (nSPS) is 18.3. The van der Waals surface area contributed by atoms with Gasteiger partial charge in [-0.15, -0.1) is 9.24 Å². The first kappa shape index (κ1) is 27.2. The lowest BCUT2D eigenvalue weighted by molar-refractivity contribution is -0.120. The molecule has 0 N–H and O–H groups in total. The fourth-order valence-electron chi connectivity index (χ4n) is 5.82. The second-order valence-electron chi connectivity index (χ2n) is 12.4. The van der Waals surface area contributed by atoms with E-state index in [0.717, 1.165) is 11.6 Å². The number of ketones is 1. The van der Waals surface area contributed by atoms with Gasteiger partial charge in [-0.2, -0.15) is 0 Å². The van der Waals surface area contributed by atoms with Crippen LogP contribution in [0, 0.1) is 0 Å². The smallest absolute Gasteiger partial charge is 0.150 e. The van der Waals surface area contributed by atoms with Crippen LogP contribution in [0.1, 0.15) is 63.3 Å². The highest BCUT2D eigenvalue weighted by Gasteiger charge is 2.50. The third-order valence-corrected chi connectivity index (χ3v) is 12.7. The SMILES string of the molecule is CC1(C)CC(=O)CC(C)(C)P1c1ccc(C[Si](C)(C)C)cc1C(P)(c1ncccn1)c1ncccn1. The number of aromatic nitrogens is 4. The first-order chi connectivity index (χ1) is 16.7. The third kappa shape index (κ3) is 5.37. The summed E-state index contributed by atoms with van der Waals surface area (Å²) in [6, 6.07) is 11.8. The van der Waals surface area contributed by atoms with Crippen molar-refractivity contribution in [1.29, 1.82) is 0 Å². The van der Waals surface area contributed by atoms with Crippen molar-refractivity contribution in [2.45, 2.75) is 81.7 Å². The summed E-state index contributed by atoms with van der Waals surface area (Å²) in [6.45, 7) is 16.3. The van der Waals surface area contributed by atoms with Gasteiger partial charge in [-0.3, -0.25) is 4.79 Å². The van der Waals surface area contributed by atoms with Crippen molar-refractivity contribution in [1.82, 2.24) is 19.9 Å². The average Bonchev–Trinajstić information content (AvgIpc) is 2.77. The molecule has 1 aliphatic rings. The van der Waals surface area contributed by atoms with E-state index < -0.39 is 21.2 Å². The Morgan fingerprint density at radius 1 is 0.889 bits per heavy atom. The van der Waals surface area contributed by atoms with E-state index in [1.807, 2.05) is 12.1 Å². The Balaban J connectivity index is 2.05. The summed E-state index contributed by atoms with van der Waals surface area (Å²) in [7, 11) is 0.945. The molecule has 8 heteroatoms. The molecule has 0 saturated carbocycles. The minimum atomic E-state index is -1.37. The maximum Gasteiger partial charge on any atom is 0.150 e. The molecule has 1 aliphatic heterocycles. The molecule has 0 amide bonds. The first-order valence-corrected chi connectivity index (χ1v) is 18.2. The van der Waals surface area contributed by atoms with Crippen LogP contribution in [0.2, 0.25) is 19.6 Å². The molecule has 1 saturated heterocycles. The fraction of sp³-hybridized carbons (Fsp3) is 0.464. The number of Topliss-reactive ketones (excluding diaryl/α,β-unsaturated/α-hetero) is 1. The number of carbonyl (C=O) groups excluding carboxylic acids is 1. The van der Waals surface area contributed by atoms with Crippen LogP contribution < -0.4 is 5.30 Å². The molecule has 1 aromatic carbocycles. The van der Waals surface area contributed by atoms with Gasteiger partial charge in [0.2, 0.25) is 0 Å². The molecule has 36 heavy (non-hydrogen) atoms. The van der Waals surface area contributed by atoms with Gasteiger partial charge >= 0.3 is 0 Å². The Labute approximate surface area is 220 Å². The molecule has 0 spiro atoms. The minimum absolute atomic E-state index is 0.135. The maximum absolute atomic E-state index is 12.8. The second kappa shape index (κ2) is 9.78. The topological polar surface area (TPSA) is 68.6 Å². The van der Waals surface area contributed by atoms with Crippen molar-refractivity contribution in [3.63, 3.8) is 0 Å². The van der Waals surface area contributed by atoms with E-state index >= 15 is 0 Å². The highest BCUT2D eigenvalue weighted by molar-refractivity contribution is 7.69. The van der Waals surface area contributed by atoms with Gasteiger partial charge in [0.25, 0.3) is 0 Å². The van der Waals surface area contributed by atoms with Crippen LogP contribution in [-0.4, -0.2) is 44.1 Å². The number of carbonyl (C=O) groups is 1. The summed E-state index contributed by atoms with van der Waals surface area (Å²) < 4.78 is 0. The van der Waals surface area contributed by atoms with E-state index in [2.05, 4.69) is 74.8 Å². The number of rotatable bonds is 6. The Morgan fingerprint density at radius 3 is 1.81 bits per heavy atom. The summed E-state index contributed by atoms with van der Waals surface area (Å²) in [4.78, 5) is 31.7. The van der Waals surface area contributed by atoms with Crippen LogP contribution in [0.3, 0.4) is 0 Å². The predicted molar refractivity (Wildman–Crippen MR) is 156 cm³/mol. The molecule has 0 radical (unpaired) electrons. The lowest BCUT2D eigenvalue weighted by Crippen LogP contribution is -2.45. The molecule has 1 fully saturated rings. The lowest BCUT2D eigenvalue weighted by atomic mass is 9.93. The van der Waals surface area contributed by atoms with Gasteiger partial charge < -0.3 is 0 Å². The van der Waals surface area contributed by atoms with Crippen molar-refractivity contribution in [3.05, 3.63) is 77.9 Å². The van der Waals surface area contributed by atoms with Crippen LogP contribution in [0.25, 0.3) is 0 Å². The largest absolute Gasteiger partial charge is 0.300 e. The highest BCUT2D eigenvalue weighted by Crippen LogP contribution is 2.65. The molecular weight excluding hydrogens is 498 g/mol. The summed E-state index contributed by atoms with van der Waals surface area (Å²) >= 11 is 0. The molecule has 0 bridgehead atoms. The molecule has 4 rings (SSSR count). The zero-order valence-electron chi connectivity index (χ0n) is 22.5. The van der Waals surface area contributed by atoms with Gasteiger partial charge in [0, 0.05) is 45.7 Å². The molecule has 0 aliphatic carbocycles. The van der Waals surface area contributed by atoms with Crippen molar-refractivity contribution in [3.8, 4) is 0 Å². The maximum atomic E-state index is 12.8. The lowest BCUT2D eigenvalue weighted by Gasteiger charge is -2.50.